The van der Waals surface area contributed by atoms with Crippen molar-refractivity contribution in [2.45, 2.75) is 18.7 Å². The first-order valence-corrected chi connectivity index (χ1v) is 10.6. The molecule has 0 aliphatic rings. The van der Waals surface area contributed by atoms with Crippen LogP contribution in [0.4, 0.5) is 11.4 Å². The van der Waals surface area contributed by atoms with Gasteiger partial charge in [0.1, 0.15) is 0 Å². The van der Waals surface area contributed by atoms with Crippen molar-refractivity contribution in [3.8, 4) is 0 Å². The Kier molecular flexibility index (Phi) is 6.14. The van der Waals surface area contributed by atoms with Crippen LogP contribution in [0, 0.1) is 13.8 Å². The fourth-order valence-electron chi connectivity index (χ4n) is 2.77. The number of carbonyl (C=O) groups excluding carboxylic acids is 1. The highest BCUT2D eigenvalue weighted by atomic mass is 32.2. The van der Waals surface area contributed by atoms with Gasteiger partial charge in [-0.1, -0.05) is 48.0 Å². The van der Waals surface area contributed by atoms with E-state index >= 15 is 0 Å². The molecule has 0 aromatic heterocycles. The van der Waals surface area contributed by atoms with Crippen molar-refractivity contribution in [1.29, 1.82) is 0 Å². The van der Waals surface area contributed by atoms with Crippen LogP contribution in [-0.2, 0) is 14.8 Å². The molecule has 0 saturated heterocycles. The van der Waals surface area contributed by atoms with Crippen molar-refractivity contribution in [2.24, 2.45) is 0 Å². The predicted octanol–water partition coefficient (Wildman–Crippen LogP) is 4.76. The van der Waals surface area contributed by atoms with Crippen LogP contribution in [-0.4, -0.2) is 14.3 Å². The lowest BCUT2D eigenvalue weighted by atomic mass is 10.1. The summed E-state index contributed by atoms with van der Waals surface area (Å²) in [5.41, 5.74) is 3.88. The molecule has 0 saturated carbocycles. The molecule has 0 bridgehead atoms. The van der Waals surface area contributed by atoms with Crippen LogP contribution in [0.3, 0.4) is 0 Å². The summed E-state index contributed by atoms with van der Waals surface area (Å²) in [6, 6.07) is 21.0. The second-order valence-corrected chi connectivity index (χ2v) is 8.36. The molecular formula is C23H22N2O3S. The normalized spacial score (nSPS) is 11.4. The topological polar surface area (TPSA) is 75.3 Å². The molecule has 29 heavy (non-hydrogen) atoms. The molecule has 0 atom stereocenters. The number of benzene rings is 3. The zero-order valence-electron chi connectivity index (χ0n) is 16.2. The van der Waals surface area contributed by atoms with Crippen LogP contribution in [0.5, 0.6) is 0 Å². The molecule has 0 radical (unpaired) electrons. The summed E-state index contributed by atoms with van der Waals surface area (Å²) in [7, 11) is -3.72. The van der Waals surface area contributed by atoms with E-state index in [9.17, 15) is 13.2 Å². The number of amides is 1. The summed E-state index contributed by atoms with van der Waals surface area (Å²) in [6.07, 6.45) is 3.14. The predicted molar refractivity (Wildman–Crippen MR) is 117 cm³/mol. The van der Waals surface area contributed by atoms with Gasteiger partial charge >= 0.3 is 0 Å². The molecule has 0 unspecified atom stereocenters. The van der Waals surface area contributed by atoms with Crippen molar-refractivity contribution in [1.82, 2.24) is 0 Å². The van der Waals surface area contributed by atoms with E-state index < -0.39 is 10.0 Å². The maximum Gasteiger partial charge on any atom is 0.261 e. The molecule has 1 amide bonds. The monoisotopic (exact) mass is 406 g/mol. The third kappa shape index (κ3) is 5.56. The lowest BCUT2D eigenvalue weighted by Gasteiger charge is -2.11. The maximum atomic E-state index is 12.6. The van der Waals surface area contributed by atoms with Gasteiger partial charge in [0.05, 0.1) is 10.6 Å². The molecule has 5 nitrogen and oxygen atoms in total. The minimum Gasteiger partial charge on any atom is -0.323 e. The van der Waals surface area contributed by atoms with Crippen LogP contribution in [0.25, 0.3) is 6.08 Å². The summed E-state index contributed by atoms with van der Waals surface area (Å²) in [6.45, 7) is 3.81. The first-order chi connectivity index (χ1) is 13.8. The van der Waals surface area contributed by atoms with Gasteiger partial charge in [0.15, 0.2) is 0 Å². The van der Waals surface area contributed by atoms with Crippen LogP contribution in [0.2, 0.25) is 0 Å². The van der Waals surface area contributed by atoms with E-state index in [-0.39, 0.29) is 10.8 Å². The average Bonchev–Trinajstić information content (AvgIpc) is 2.70. The van der Waals surface area contributed by atoms with Crippen molar-refractivity contribution >= 4 is 33.4 Å². The summed E-state index contributed by atoms with van der Waals surface area (Å²) >= 11 is 0. The highest BCUT2D eigenvalue weighted by molar-refractivity contribution is 7.92. The van der Waals surface area contributed by atoms with Gasteiger partial charge in [0.2, 0.25) is 5.91 Å². The molecule has 148 valence electrons. The lowest BCUT2D eigenvalue weighted by molar-refractivity contribution is -0.111. The first-order valence-electron chi connectivity index (χ1n) is 9.08. The van der Waals surface area contributed by atoms with E-state index in [4.69, 9.17) is 0 Å². The van der Waals surface area contributed by atoms with Gasteiger partial charge in [0, 0.05) is 11.8 Å². The average molecular weight is 407 g/mol. The highest BCUT2D eigenvalue weighted by Crippen LogP contribution is 2.21. The van der Waals surface area contributed by atoms with Crippen molar-refractivity contribution < 1.29 is 13.2 Å². The van der Waals surface area contributed by atoms with Crippen molar-refractivity contribution in [3.63, 3.8) is 0 Å². The Morgan fingerprint density at radius 2 is 1.59 bits per heavy atom. The number of anilines is 2. The van der Waals surface area contributed by atoms with Gasteiger partial charge < -0.3 is 5.32 Å². The molecule has 2 N–H and O–H groups in total. The quantitative estimate of drug-likeness (QED) is 0.580. The van der Waals surface area contributed by atoms with Crippen LogP contribution >= 0.6 is 0 Å². The summed E-state index contributed by atoms with van der Waals surface area (Å²) in [4.78, 5) is 12.2. The SMILES string of the molecule is Cc1ccc(NS(=O)(=O)c2ccc(NC(=O)C=Cc3ccccc3)cc2)c(C)c1. The van der Waals surface area contributed by atoms with E-state index in [0.717, 1.165) is 16.7 Å². The molecule has 0 heterocycles. The smallest absolute Gasteiger partial charge is 0.261 e. The number of sulfonamides is 1. The number of hydrogen-bond acceptors (Lipinski definition) is 3. The zero-order chi connectivity index (χ0) is 20.9. The van der Waals surface area contributed by atoms with E-state index in [0.29, 0.717) is 11.4 Å². The van der Waals surface area contributed by atoms with Crippen molar-refractivity contribution in [3.05, 3.63) is 95.6 Å². The number of aryl methyl sites for hydroxylation is 2. The Labute approximate surface area is 171 Å². The van der Waals surface area contributed by atoms with Gasteiger partial charge in [-0.3, -0.25) is 9.52 Å². The third-order valence-corrected chi connectivity index (χ3v) is 5.67. The minimum absolute atomic E-state index is 0.121. The van der Waals surface area contributed by atoms with Gasteiger partial charge in [-0.15, -0.1) is 0 Å². The fourth-order valence-corrected chi connectivity index (χ4v) is 3.90. The van der Waals surface area contributed by atoms with E-state index in [1.807, 2.05) is 56.3 Å². The molecule has 0 aliphatic carbocycles. The number of carbonyl (C=O) groups is 1. The van der Waals surface area contributed by atoms with Gasteiger partial charge in [-0.25, -0.2) is 8.42 Å². The van der Waals surface area contributed by atoms with Crippen molar-refractivity contribution in [2.75, 3.05) is 10.0 Å². The molecule has 0 fully saturated rings. The van der Waals surface area contributed by atoms with Crippen LogP contribution in [0.15, 0.2) is 83.8 Å². The third-order valence-electron chi connectivity index (χ3n) is 4.29. The second kappa shape index (κ2) is 8.75. The number of hydrogen-bond donors (Lipinski definition) is 2. The van der Waals surface area contributed by atoms with E-state index in [1.165, 1.54) is 18.2 Å². The van der Waals surface area contributed by atoms with Gasteiger partial charge in [-0.2, -0.15) is 0 Å². The number of rotatable bonds is 6. The fraction of sp³-hybridized carbons (Fsp3) is 0.0870. The Morgan fingerprint density at radius 3 is 2.24 bits per heavy atom. The molecule has 0 spiro atoms. The first kappa shape index (κ1) is 20.4. The van der Waals surface area contributed by atoms with E-state index in [2.05, 4.69) is 10.0 Å². The largest absolute Gasteiger partial charge is 0.323 e. The minimum atomic E-state index is -3.72. The lowest BCUT2D eigenvalue weighted by Crippen LogP contribution is -2.14. The van der Waals surface area contributed by atoms with Gasteiger partial charge in [0.25, 0.3) is 10.0 Å². The maximum absolute atomic E-state index is 12.6. The Morgan fingerprint density at radius 1 is 0.897 bits per heavy atom. The zero-order valence-corrected chi connectivity index (χ0v) is 17.0. The number of nitrogens with one attached hydrogen (secondary N) is 2. The van der Waals surface area contributed by atoms with Crippen LogP contribution in [0.1, 0.15) is 16.7 Å². The Bertz CT molecular complexity index is 1140. The molecular weight excluding hydrogens is 384 g/mol. The standard InChI is InChI=1S/C23H22N2O3S/c1-17-8-14-22(18(2)16-17)25-29(27,28)21-12-10-20(11-13-21)24-23(26)15-9-19-6-4-3-5-7-19/h3-16,25H,1-2H3,(H,24,26). The molecule has 0 aliphatic heterocycles. The molecule has 6 heteroatoms. The summed E-state index contributed by atoms with van der Waals surface area (Å²) < 4.78 is 27.8. The van der Waals surface area contributed by atoms with Gasteiger partial charge in [-0.05, 0) is 61.4 Å². The summed E-state index contributed by atoms with van der Waals surface area (Å²) in [5, 5.41) is 2.71. The Hall–Kier alpha value is -3.38. The second-order valence-electron chi connectivity index (χ2n) is 6.68. The van der Waals surface area contributed by atoms with Crippen LogP contribution < -0.4 is 10.0 Å². The molecule has 3 aromatic rings. The molecule has 3 aromatic carbocycles. The molecule has 3 rings (SSSR count). The Balaban J connectivity index is 1.67. The van der Waals surface area contributed by atoms with E-state index in [1.54, 1.807) is 24.3 Å². The summed E-state index contributed by atoms with van der Waals surface area (Å²) in [5.74, 6) is -0.294. The highest BCUT2D eigenvalue weighted by Gasteiger charge is 2.15.